The molecule has 0 saturated carbocycles. The van der Waals surface area contributed by atoms with Crippen molar-refractivity contribution in [1.29, 1.82) is 0 Å². The summed E-state index contributed by atoms with van der Waals surface area (Å²) in [7, 11) is 17.5. The fourth-order valence-electron chi connectivity index (χ4n) is 2.79. The van der Waals surface area contributed by atoms with Crippen LogP contribution in [0, 0.1) is 0 Å². The van der Waals surface area contributed by atoms with Crippen molar-refractivity contribution >= 4 is 59.0 Å². The summed E-state index contributed by atoms with van der Waals surface area (Å²) >= 11 is 0. The molecule has 0 unspecified atom stereocenters. The molecule has 16 heteroatoms. The van der Waals surface area contributed by atoms with Gasteiger partial charge in [-0.25, -0.2) is 0 Å². The second-order valence-corrected chi connectivity index (χ2v) is 7.22. The zero-order valence-electron chi connectivity index (χ0n) is 20.1. The van der Waals surface area contributed by atoms with E-state index in [1.54, 1.807) is 0 Å². The molecule has 0 aliphatic carbocycles. The Morgan fingerprint density at radius 1 is 0.629 bits per heavy atom. The number of nitrogens with two attached hydrogens (primary N) is 1. The van der Waals surface area contributed by atoms with Gasteiger partial charge in [0, 0.05) is 46.3 Å². The van der Waals surface area contributed by atoms with Gasteiger partial charge >= 0.3 is 0 Å². The van der Waals surface area contributed by atoms with Crippen LogP contribution in [-0.4, -0.2) is 140 Å². The first-order chi connectivity index (χ1) is 16.6. The van der Waals surface area contributed by atoms with E-state index < -0.39 is 35.4 Å². The molecule has 6 amide bonds. The van der Waals surface area contributed by atoms with Crippen LogP contribution in [-0.2, 0) is 28.8 Å². The minimum absolute atomic E-state index is 0.00856. The Kier molecular flexibility index (Phi) is 16.7. The van der Waals surface area contributed by atoms with Crippen molar-refractivity contribution in [2.75, 3.05) is 66.0 Å². The standard InChI is InChI=1S/C19H32B3N7O6/c1-24-14(30)11-28(18(34)9-21)6-3-26-16(32)13-29(19(35)10-22)7-4-25-15(31)12-27(5-2-23)17(33)8-20/h2-13,23H2,1H3,(H,24,30)(H,25,31)(H,26,32). The van der Waals surface area contributed by atoms with Crippen molar-refractivity contribution in [3.05, 3.63) is 0 Å². The predicted molar refractivity (Wildman–Crippen MR) is 131 cm³/mol. The van der Waals surface area contributed by atoms with Gasteiger partial charge in [-0.15, -0.1) is 0 Å². The summed E-state index contributed by atoms with van der Waals surface area (Å²) < 4.78 is 0. The van der Waals surface area contributed by atoms with Gasteiger partial charge in [0.25, 0.3) is 0 Å². The van der Waals surface area contributed by atoms with Crippen LogP contribution in [0.5, 0.6) is 0 Å². The van der Waals surface area contributed by atoms with Gasteiger partial charge in [0.15, 0.2) is 0 Å². The van der Waals surface area contributed by atoms with E-state index in [9.17, 15) is 28.8 Å². The average molecular weight is 487 g/mol. The lowest BCUT2D eigenvalue weighted by Gasteiger charge is -2.24. The lowest BCUT2D eigenvalue weighted by Crippen LogP contribution is -2.48. The van der Waals surface area contributed by atoms with Gasteiger partial charge in [-0.3, -0.25) is 28.8 Å². The summed E-state index contributed by atoms with van der Waals surface area (Å²) in [4.78, 5) is 75.2. The van der Waals surface area contributed by atoms with Crippen molar-refractivity contribution in [2.45, 2.75) is 19.0 Å². The third-order valence-electron chi connectivity index (χ3n) is 4.67. The topological polar surface area (TPSA) is 174 Å². The molecule has 0 heterocycles. The van der Waals surface area contributed by atoms with Crippen LogP contribution in [0.4, 0.5) is 0 Å². The number of hydrogen-bond acceptors (Lipinski definition) is 7. The zero-order valence-corrected chi connectivity index (χ0v) is 20.1. The summed E-state index contributed by atoms with van der Waals surface area (Å²) in [5.74, 6) is -2.80. The van der Waals surface area contributed by atoms with Crippen molar-refractivity contribution < 1.29 is 28.8 Å². The maximum Gasteiger partial charge on any atom is 0.239 e. The van der Waals surface area contributed by atoms with E-state index in [2.05, 4.69) is 16.0 Å². The number of hydrogen-bond donors (Lipinski definition) is 4. The molecule has 6 radical (unpaired) electrons. The van der Waals surface area contributed by atoms with Crippen LogP contribution in [0.3, 0.4) is 0 Å². The van der Waals surface area contributed by atoms with Crippen molar-refractivity contribution in [2.24, 2.45) is 5.73 Å². The molecule has 0 aromatic carbocycles. The number of nitrogens with one attached hydrogen (secondary N) is 3. The van der Waals surface area contributed by atoms with Crippen LogP contribution in [0.1, 0.15) is 0 Å². The van der Waals surface area contributed by atoms with Gasteiger partial charge in [0.1, 0.15) is 0 Å². The van der Waals surface area contributed by atoms with Crippen molar-refractivity contribution in [3.8, 4) is 0 Å². The molecule has 0 spiro atoms. The van der Waals surface area contributed by atoms with Crippen LogP contribution < -0.4 is 21.7 Å². The molecule has 13 nitrogen and oxygen atoms in total. The quantitative estimate of drug-likeness (QED) is 0.149. The molecular formula is C19H32B3N7O6. The molecule has 0 rings (SSSR count). The minimum Gasteiger partial charge on any atom is -0.358 e. The van der Waals surface area contributed by atoms with Gasteiger partial charge in [0.2, 0.25) is 35.4 Å². The van der Waals surface area contributed by atoms with E-state index >= 15 is 0 Å². The number of rotatable bonds is 17. The predicted octanol–water partition coefficient (Wildman–Crippen LogP) is -4.83. The van der Waals surface area contributed by atoms with Crippen LogP contribution >= 0.6 is 0 Å². The molecule has 0 saturated heterocycles. The smallest absolute Gasteiger partial charge is 0.239 e. The molecule has 0 atom stereocenters. The van der Waals surface area contributed by atoms with Gasteiger partial charge in [-0.1, -0.05) is 0 Å². The van der Waals surface area contributed by atoms with Crippen molar-refractivity contribution in [3.63, 3.8) is 0 Å². The molecule has 35 heavy (non-hydrogen) atoms. The highest BCUT2D eigenvalue weighted by Crippen LogP contribution is 1.96. The van der Waals surface area contributed by atoms with Gasteiger partial charge in [-0.05, 0) is 19.0 Å². The molecule has 0 aromatic heterocycles. The van der Waals surface area contributed by atoms with Gasteiger partial charge < -0.3 is 36.4 Å². The molecule has 0 aliphatic heterocycles. The van der Waals surface area contributed by atoms with E-state index in [1.165, 1.54) is 16.8 Å². The Labute approximate surface area is 209 Å². The maximum absolute atomic E-state index is 12.3. The molecule has 0 bridgehead atoms. The van der Waals surface area contributed by atoms with E-state index in [-0.39, 0.29) is 77.9 Å². The normalized spacial score (nSPS) is 10.1. The first-order valence-corrected chi connectivity index (χ1v) is 11.0. The number of amides is 6. The SMILES string of the molecule is [B]CC(=O)N(CCNC(=O)CN(CCNC(=O)CN(CCN)C(=O)C[B])C(=O)C[B])CC(=O)NC. The Bertz CT molecular complexity index is 744. The van der Waals surface area contributed by atoms with Crippen LogP contribution in [0.2, 0.25) is 19.0 Å². The summed E-state index contributed by atoms with van der Waals surface area (Å²) in [6.45, 7) is -0.396. The lowest BCUT2D eigenvalue weighted by molar-refractivity contribution is -0.135. The maximum atomic E-state index is 12.3. The second kappa shape index (κ2) is 18.3. The van der Waals surface area contributed by atoms with Gasteiger partial charge in [-0.2, -0.15) is 0 Å². The third kappa shape index (κ3) is 13.4. The Balaban J connectivity index is 4.71. The Morgan fingerprint density at radius 2 is 0.971 bits per heavy atom. The Hall–Kier alpha value is -3.03. The van der Waals surface area contributed by atoms with Crippen LogP contribution in [0.25, 0.3) is 0 Å². The van der Waals surface area contributed by atoms with E-state index in [1.807, 2.05) is 0 Å². The fourth-order valence-corrected chi connectivity index (χ4v) is 2.79. The average Bonchev–Trinajstić information content (AvgIpc) is 2.85. The minimum atomic E-state index is -0.527. The second-order valence-electron chi connectivity index (χ2n) is 7.22. The first kappa shape index (κ1) is 32.0. The highest BCUT2D eigenvalue weighted by Gasteiger charge is 2.19. The number of nitrogens with zero attached hydrogens (tertiary/aromatic N) is 3. The largest absolute Gasteiger partial charge is 0.358 e. The van der Waals surface area contributed by atoms with E-state index in [0.29, 0.717) is 0 Å². The first-order valence-electron chi connectivity index (χ1n) is 11.0. The molecule has 0 aliphatic rings. The summed E-state index contributed by atoms with van der Waals surface area (Å²) in [5, 5.41) is 7.51. The fraction of sp³-hybridized carbons (Fsp3) is 0.684. The highest BCUT2D eigenvalue weighted by atomic mass is 16.2. The summed E-state index contributed by atoms with van der Waals surface area (Å²) in [6.07, 6.45) is -0.896. The van der Waals surface area contributed by atoms with Gasteiger partial charge in [0.05, 0.1) is 43.2 Å². The van der Waals surface area contributed by atoms with Crippen LogP contribution in [0.15, 0.2) is 0 Å². The highest BCUT2D eigenvalue weighted by molar-refractivity contribution is 6.20. The molecule has 5 N–H and O–H groups in total. The van der Waals surface area contributed by atoms with E-state index in [0.717, 1.165) is 4.90 Å². The van der Waals surface area contributed by atoms with E-state index in [4.69, 9.17) is 29.3 Å². The molecular weight excluding hydrogens is 455 g/mol. The molecule has 0 fully saturated rings. The Morgan fingerprint density at radius 3 is 1.29 bits per heavy atom. The molecule has 188 valence electrons. The third-order valence-corrected chi connectivity index (χ3v) is 4.67. The molecule has 0 aromatic rings. The summed E-state index contributed by atoms with van der Waals surface area (Å²) in [5.41, 5.74) is 5.43. The number of carbonyl (C=O) groups excluding carboxylic acids is 6. The zero-order chi connectivity index (χ0) is 26.8. The number of carbonyl (C=O) groups is 6. The lowest BCUT2D eigenvalue weighted by atomic mass is 10.0. The summed E-state index contributed by atoms with van der Waals surface area (Å²) in [6, 6.07) is 0. The van der Waals surface area contributed by atoms with Crippen molar-refractivity contribution in [1.82, 2.24) is 30.7 Å². The number of likely N-dealkylation sites (N-methyl/N-ethyl adjacent to an activating group) is 1. The monoisotopic (exact) mass is 487 g/mol.